The summed E-state index contributed by atoms with van der Waals surface area (Å²) in [7, 11) is -3.61. The van der Waals surface area contributed by atoms with E-state index in [2.05, 4.69) is 41.1 Å². The van der Waals surface area contributed by atoms with Gasteiger partial charge in [0.2, 0.25) is 0 Å². The van der Waals surface area contributed by atoms with Gasteiger partial charge in [-0.1, -0.05) is 31.5 Å². The minimum absolute atomic E-state index is 0.0472. The molecule has 1 saturated heterocycles. The van der Waals surface area contributed by atoms with Gasteiger partial charge < -0.3 is 4.90 Å². The van der Waals surface area contributed by atoms with Crippen LogP contribution >= 0.6 is 11.3 Å². The SMILES string of the molecule is Cc1ccc(N2CCN(S(=O)(=O)c3c(C(C)C)nc4sc(C)cn34)CC2)cc1. The zero-order valence-electron chi connectivity index (χ0n) is 16.7. The largest absolute Gasteiger partial charge is 0.369 e. The van der Waals surface area contributed by atoms with E-state index in [4.69, 9.17) is 0 Å². The lowest BCUT2D eigenvalue weighted by Crippen LogP contribution is -2.49. The van der Waals surface area contributed by atoms with Crippen LogP contribution in [0.5, 0.6) is 0 Å². The average molecular weight is 419 g/mol. The number of piperazine rings is 1. The molecule has 3 heterocycles. The minimum Gasteiger partial charge on any atom is -0.369 e. The van der Waals surface area contributed by atoms with Gasteiger partial charge >= 0.3 is 0 Å². The average Bonchev–Trinajstić information content (AvgIpc) is 3.18. The first kappa shape index (κ1) is 19.4. The molecule has 0 aliphatic carbocycles. The van der Waals surface area contributed by atoms with Gasteiger partial charge in [0.15, 0.2) is 9.99 Å². The van der Waals surface area contributed by atoms with Crippen LogP contribution in [0.1, 0.15) is 35.9 Å². The summed E-state index contributed by atoms with van der Waals surface area (Å²) >= 11 is 1.53. The number of aromatic nitrogens is 2. The Bertz CT molecular complexity index is 1090. The van der Waals surface area contributed by atoms with Crippen LogP contribution in [-0.2, 0) is 10.0 Å². The van der Waals surface area contributed by atoms with Gasteiger partial charge in [0.05, 0.1) is 5.69 Å². The number of rotatable bonds is 4. The van der Waals surface area contributed by atoms with E-state index in [9.17, 15) is 8.42 Å². The summed E-state index contributed by atoms with van der Waals surface area (Å²) in [5.74, 6) is 0.0472. The van der Waals surface area contributed by atoms with E-state index in [1.165, 1.54) is 16.9 Å². The summed E-state index contributed by atoms with van der Waals surface area (Å²) in [5.41, 5.74) is 3.03. The molecule has 0 spiro atoms. The fourth-order valence-corrected chi connectivity index (χ4v) is 6.36. The molecule has 0 N–H and O–H groups in total. The van der Waals surface area contributed by atoms with Crippen LogP contribution in [0.3, 0.4) is 0 Å². The topological polar surface area (TPSA) is 57.9 Å². The molecule has 0 atom stereocenters. The predicted octanol–water partition coefficient (Wildman–Crippen LogP) is 3.65. The van der Waals surface area contributed by atoms with Crippen LogP contribution in [-0.4, -0.2) is 48.3 Å². The number of anilines is 1. The zero-order valence-corrected chi connectivity index (χ0v) is 18.3. The van der Waals surface area contributed by atoms with Crippen molar-refractivity contribution in [2.24, 2.45) is 0 Å². The molecule has 2 aromatic heterocycles. The normalized spacial score (nSPS) is 16.4. The molecule has 0 amide bonds. The van der Waals surface area contributed by atoms with E-state index < -0.39 is 10.0 Å². The van der Waals surface area contributed by atoms with Crippen molar-refractivity contribution in [3.63, 3.8) is 0 Å². The highest BCUT2D eigenvalue weighted by Crippen LogP contribution is 2.31. The zero-order chi connectivity index (χ0) is 20.1. The van der Waals surface area contributed by atoms with E-state index in [0.717, 1.165) is 15.5 Å². The molecular weight excluding hydrogens is 392 g/mol. The van der Waals surface area contributed by atoms with Gasteiger partial charge in [-0.05, 0) is 31.9 Å². The summed E-state index contributed by atoms with van der Waals surface area (Å²) < 4.78 is 30.4. The third kappa shape index (κ3) is 3.33. The van der Waals surface area contributed by atoms with E-state index in [1.54, 1.807) is 8.71 Å². The molecule has 6 nitrogen and oxygen atoms in total. The number of nitrogens with zero attached hydrogens (tertiary/aromatic N) is 4. The number of hydrogen-bond acceptors (Lipinski definition) is 5. The maximum atomic E-state index is 13.5. The first-order valence-electron chi connectivity index (χ1n) is 9.57. The first-order chi connectivity index (χ1) is 13.3. The molecular formula is C20H26N4O2S2. The van der Waals surface area contributed by atoms with E-state index >= 15 is 0 Å². The van der Waals surface area contributed by atoms with Crippen molar-refractivity contribution >= 4 is 32.0 Å². The van der Waals surface area contributed by atoms with Crippen LogP contribution in [0.25, 0.3) is 4.96 Å². The summed E-state index contributed by atoms with van der Waals surface area (Å²) in [6, 6.07) is 8.39. The van der Waals surface area contributed by atoms with Crippen molar-refractivity contribution in [1.29, 1.82) is 0 Å². The number of sulfonamides is 1. The van der Waals surface area contributed by atoms with Gasteiger partial charge in [-0.3, -0.25) is 4.40 Å². The number of aryl methyl sites for hydroxylation is 2. The highest BCUT2D eigenvalue weighted by Gasteiger charge is 2.35. The highest BCUT2D eigenvalue weighted by molar-refractivity contribution is 7.89. The van der Waals surface area contributed by atoms with Gasteiger partial charge in [0.1, 0.15) is 0 Å². The second kappa shape index (κ2) is 7.17. The smallest absolute Gasteiger partial charge is 0.261 e. The Hall–Kier alpha value is -1.90. The molecule has 4 rings (SSSR count). The van der Waals surface area contributed by atoms with E-state index in [-0.39, 0.29) is 5.92 Å². The van der Waals surface area contributed by atoms with Crippen molar-refractivity contribution in [2.75, 3.05) is 31.1 Å². The van der Waals surface area contributed by atoms with Gasteiger partial charge in [-0.15, -0.1) is 11.3 Å². The molecule has 0 radical (unpaired) electrons. The van der Waals surface area contributed by atoms with Crippen molar-refractivity contribution < 1.29 is 8.42 Å². The van der Waals surface area contributed by atoms with Gasteiger partial charge in [0.25, 0.3) is 10.0 Å². The van der Waals surface area contributed by atoms with Crippen LogP contribution in [0.2, 0.25) is 0 Å². The van der Waals surface area contributed by atoms with Gasteiger partial charge in [-0.2, -0.15) is 4.31 Å². The van der Waals surface area contributed by atoms with Crippen LogP contribution in [0.15, 0.2) is 35.5 Å². The Morgan fingerprint density at radius 1 is 1.04 bits per heavy atom. The second-order valence-electron chi connectivity index (χ2n) is 7.68. The Labute approximate surface area is 170 Å². The quantitative estimate of drug-likeness (QED) is 0.649. The summed E-state index contributed by atoms with van der Waals surface area (Å²) in [6.07, 6.45) is 1.88. The van der Waals surface area contributed by atoms with Crippen LogP contribution in [0.4, 0.5) is 5.69 Å². The highest BCUT2D eigenvalue weighted by atomic mass is 32.2. The first-order valence-corrected chi connectivity index (χ1v) is 11.8. The van der Waals surface area contributed by atoms with Crippen molar-refractivity contribution in [3.8, 4) is 0 Å². The fraction of sp³-hybridized carbons (Fsp3) is 0.450. The van der Waals surface area contributed by atoms with Crippen molar-refractivity contribution in [2.45, 2.75) is 38.6 Å². The second-order valence-corrected chi connectivity index (χ2v) is 10.7. The molecule has 1 aliphatic rings. The molecule has 1 aromatic carbocycles. The van der Waals surface area contributed by atoms with Gasteiger partial charge in [0, 0.05) is 42.9 Å². The Morgan fingerprint density at radius 2 is 1.68 bits per heavy atom. The number of hydrogen-bond donors (Lipinski definition) is 0. The third-order valence-electron chi connectivity index (χ3n) is 5.19. The standard InChI is InChI=1S/C20H26N4O2S2/c1-14(2)18-19(24-13-16(4)27-20(24)21-18)28(25,26)23-11-9-22(10-12-23)17-7-5-15(3)6-8-17/h5-8,13-14H,9-12H2,1-4H3. The number of imidazole rings is 1. The lowest BCUT2D eigenvalue weighted by Gasteiger charge is -2.35. The predicted molar refractivity (Wildman–Crippen MR) is 114 cm³/mol. The molecule has 150 valence electrons. The summed E-state index contributed by atoms with van der Waals surface area (Å²) in [4.78, 5) is 8.68. The molecule has 0 saturated carbocycles. The summed E-state index contributed by atoms with van der Waals surface area (Å²) in [5, 5.41) is 0.339. The molecule has 1 aliphatic heterocycles. The Balaban J connectivity index is 1.62. The minimum atomic E-state index is -3.61. The lowest BCUT2D eigenvalue weighted by atomic mass is 10.2. The number of thiazole rings is 1. The van der Waals surface area contributed by atoms with Gasteiger partial charge in [-0.25, -0.2) is 13.4 Å². The van der Waals surface area contributed by atoms with E-state index in [1.807, 2.05) is 27.0 Å². The molecule has 3 aromatic rings. The maximum Gasteiger partial charge on any atom is 0.261 e. The monoisotopic (exact) mass is 418 g/mol. The summed E-state index contributed by atoms with van der Waals surface area (Å²) in [6.45, 7) is 10.4. The van der Waals surface area contributed by atoms with Crippen molar-refractivity contribution in [1.82, 2.24) is 13.7 Å². The maximum absolute atomic E-state index is 13.5. The lowest BCUT2D eigenvalue weighted by molar-refractivity contribution is 0.382. The van der Waals surface area contributed by atoms with Crippen LogP contribution < -0.4 is 4.90 Å². The number of fused-ring (bicyclic) bond motifs is 1. The van der Waals surface area contributed by atoms with Crippen LogP contribution in [0, 0.1) is 13.8 Å². The third-order valence-corrected chi connectivity index (χ3v) is 8.03. The Morgan fingerprint density at radius 3 is 2.29 bits per heavy atom. The molecule has 0 unspecified atom stereocenters. The molecule has 0 bridgehead atoms. The molecule has 28 heavy (non-hydrogen) atoms. The molecule has 8 heteroatoms. The van der Waals surface area contributed by atoms with Crippen molar-refractivity contribution in [3.05, 3.63) is 46.6 Å². The van der Waals surface area contributed by atoms with E-state index in [0.29, 0.717) is 36.9 Å². The fourth-order valence-electron chi connectivity index (χ4n) is 3.65. The number of benzene rings is 1. The Kier molecular flexibility index (Phi) is 4.97. The molecule has 1 fully saturated rings.